The van der Waals surface area contributed by atoms with Gasteiger partial charge < -0.3 is 41.1 Å². The molecule has 0 fully saturated rings. The maximum Gasteiger partial charge on any atom is 0.315 e. The van der Waals surface area contributed by atoms with Crippen LogP contribution in [0.5, 0.6) is 5.75 Å². The monoisotopic (exact) mass is 645 g/mol. The fourth-order valence-electron chi connectivity index (χ4n) is 5.66. The van der Waals surface area contributed by atoms with Gasteiger partial charge in [-0.2, -0.15) is 0 Å². The lowest BCUT2D eigenvalue weighted by Gasteiger charge is -2.29. The van der Waals surface area contributed by atoms with Crippen LogP contribution in [0.3, 0.4) is 0 Å². The van der Waals surface area contributed by atoms with Gasteiger partial charge in [-0.3, -0.25) is 9.59 Å². The summed E-state index contributed by atoms with van der Waals surface area (Å²) >= 11 is 0. The van der Waals surface area contributed by atoms with Gasteiger partial charge in [0.25, 0.3) is 0 Å². The third-order valence-corrected chi connectivity index (χ3v) is 8.21. The van der Waals surface area contributed by atoms with E-state index in [2.05, 4.69) is 21.3 Å². The lowest BCUT2D eigenvalue weighted by Crippen LogP contribution is -2.51. The van der Waals surface area contributed by atoms with Crippen LogP contribution in [-0.2, 0) is 35.6 Å². The molecule has 3 aromatic carbocycles. The number of aliphatic hydroxyl groups is 2. The minimum Gasteiger partial charge on any atom is -0.497 e. The van der Waals surface area contributed by atoms with Crippen molar-refractivity contribution in [2.24, 2.45) is 0 Å². The highest BCUT2D eigenvalue weighted by molar-refractivity contribution is 5.89. The zero-order valence-electron chi connectivity index (χ0n) is 27.6. The average molecular weight is 646 g/mol. The molecule has 2 atom stereocenters. The first-order valence-corrected chi connectivity index (χ1v) is 16.0. The molecule has 0 bridgehead atoms. The molecule has 4 amide bonds. The van der Waals surface area contributed by atoms with E-state index in [9.17, 15) is 19.5 Å². The summed E-state index contributed by atoms with van der Waals surface area (Å²) in [6.07, 6.45) is -0.535. The van der Waals surface area contributed by atoms with Gasteiger partial charge in [0.2, 0.25) is 11.8 Å². The van der Waals surface area contributed by atoms with Crippen molar-refractivity contribution in [3.8, 4) is 16.9 Å². The number of hydrogen-bond donors (Lipinski definition) is 6. The smallest absolute Gasteiger partial charge is 0.315 e. The molecular weight excluding hydrogens is 598 g/mol. The molecule has 0 spiro atoms. The lowest BCUT2D eigenvalue weighted by atomic mass is 9.98. The molecule has 6 N–H and O–H groups in total. The summed E-state index contributed by atoms with van der Waals surface area (Å²) < 4.78 is 5.45. The number of fused-ring (bicyclic) bond motifs is 1. The van der Waals surface area contributed by atoms with Crippen molar-refractivity contribution in [3.63, 3.8) is 0 Å². The Bertz CT molecular complexity index is 1530. The second-order valence-corrected chi connectivity index (χ2v) is 12.5. The number of nitrogens with zero attached hydrogens (tertiary/aromatic N) is 1. The van der Waals surface area contributed by atoms with E-state index in [1.807, 2.05) is 87.5 Å². The number of carbonyl (C=O) groups is 3. The molecule has 0 radical (unpaired) electrons. The molecule has 1 aliphatic rings. The second-order valence-electron chi connectivity index (χ2n) is 12.5. The van der Waals surface area contributed by atoms with Gasteiger partial charge in [-0.05, 0) is 66.3 Å². The molecule has 1 aliphatic heterocycles. The van der Waals surface area contributed by atoms with Crippen molar-refractivity contribution in [1.29, 1.82) is 0 Å². The van der Waals surface area contributed by atoms with Crippen LogP contribution in [0, 0.1) is 0 Å². The molecule has 47 heavy (non-hydrogen) atoms. The van der Waals surface area contributed by atoms with Crippen LogP contribution in [0.25, 0.3) is 11.1 Å². The lowest BCUT2D eigenvalue weighted by molar-refractivity contribution is -0.137. The Morgan fingerprint density at radius 3 is 2.49 bits per heavy atom. The summed E-state index contributed by atoms with van der Waals surface area (Å²) in [6, 6.07) is 20.7. The first-order chi connectivity index (χ1) is 22.5. The van der Waals surface area contributed by atoms with E-state index in [1.54, 1.807) is 12.0 Å². The van der Waals surface area contributed by atoms with Gasteiger partial charge >= 0.3 is 6.03 Å². The number of β-amino-alcohol motifs (C(OH)–C–C–N with tert-alkyl or cyclic N) is 1. The SMILES string of the molecule is CCNC(=O)NCc1ccccc1-c1ccc(CN2Cc3ccc(OC)cc3C[C@@H](NC(=O)CC(C)(C)NC[C@H](O)CO)C2=O)cc1. The Morgan fingerprint density at radius 1 is 1.04 bits per heavy atom. The van der Waals surface area contributed by atoms with Gasteiger partial charge in [0, 0.05) is 51.1 Å². The molecule has 3 aromatic rings. The molecule has 11 heteroatoms. The highest BCUT2D eigenvalue weighted by Gasteiger charge is 2.32. The summed E-state index contributed by atoms with van der Waals surface area (Å²) in [6.45, 7) is 6.97. The molecule has 0 aliphatic carbocycles. The van der Waals surface area contributed by atoms with Gasteiger partial charge in [-0.15, -0.1) is 0 Å². The second kappa shape index (κ2) is 16.4. The van der Waals surface area contributed by atoms with Crippen LogP contribution in [0.4, 0.5) is 4.79 Å². The summed E-state index contributed by atoms with van der Waals surface area (Å²) in [5.41, 5.74) is 5.18. The first-order valence-electron chi connectivity index (χ1n) is 16.0. The van der Waals surface area contributed by atoms with E-state index in [-0.39, 0.29) is 37.4 Å². The number of aliphatic hydroxyl groups excluding tert-OH is 2. The molecular formula is C36H47N5O6. The number of carbonyl (C=O) groups excluding carboxylic acids is 3. The molecule has 0 saturated carbocycles. The number of hydrogen-bond acceptors (Lipinski definition) is 7. The average Bonchev–Trinajstić information content (AvgIpc) is 3.18. The molecule has 0 unspecified atom stereocenters. The third kappa shape index (κ3) is 10.0. The number of methoxy groups -OCH3 is 1. The van der Waals surface area contributed by atoms with Crippen LogP contribution in [-0.4, -0.2) is 77.4 Å². The van der Waals surface area contributed by atoms with E-state index < -0.39 is 17.7 Å². The van der Waals surface area contributed by atoms with Gasteiger partial charge in [0.1, 0.15) is 11.8 Å². The van der Waals surface area contributed by atoms with E-state index in [1.165, 1.54) is 0 Å². The number of nitrogens with one attached hydrogen (secondary N) is 4. The van der Waals surface area contributed by atoms with Crippen LogP contribution < -0.4 is 26.0 Å². The van der Waals surface area contributed by atoms with Gasteiger partial charge in [-0.25, -0.2) is 4.79 Å². The Morgan fingerprint density at radius 2 is 1.79 bits per heavy atom. The molecule has 252 valence electrons. The van der Waals surface area contributed by atoms with Crippen LogP contribution in [0.15, 0.2) is 66.7 Å². The van der Waals surface area contributed by atoms with Crippen molar-refractivity contribution in [1.82, 2.24) is 26.2 Å². The molecule has 1 heterocycles. The molecule has 0 saturated heterocycles. The number of amides is 4. The van der Waals surface area contributed by atoms with E-state index >= 15 is 0 Å². The van der Waals surface area contributed by atoms with Gasteiger partial charge in [-0.1, -0.05) is 54.6 Å². The van der Waals surface area contributed by atoms with E-state index in [4.69, 9.17) is 9.84 Å². The largest absolute Gasteiger partial charge is 0.497 e. The maximum absolute atomic E-state index is 14.0. The predicted octanol–water partition coefficient (Wildman–Crippen LogP) is 2.86. The number of ether oxygens (including phenoxy) is 1. The van der Waals surface area contributed by atoms with E-state index in [0.717, 1.165) is 33.4 Å². The zero-order chi connectivity index (χ0) is 34.0. The van der Waals surface area contributed by atoms with Crippen LogP contribution in [0.2, 0.25) is 0 Å². The number of rotatable bonds is 14. The van der Waals surface area contributed by atoms with Crippen molar-refractivity contribution in [2.45, 2.75) is 70.9 Å². The first kappa shape index (κ1) is 35.4. The van der Waals surface area contributed by atoms with Crippen molar-refractivity contribution >= 4 is 17.8 Å². The van der Waals surface area contributed by atoms with E-state index in [0.29, 0.717) is 38.3 Å². The summed E-state index contributed by atoms with van der Waals surface area (Å²) in [4.78, 5) is 41.0. The number of urea groups is 1. The summed E-state index contributed by atoms with van der Waals surface area (Å²) in [7, 11) is 1.60. The van der Waals surface area contributed by atoms with Gasteiger partial charge in [0.15, 0.2) is 0 Å². The molecule has 0 aromatic heterocycles. The normalized spacial score (nSPS) is 15.3. The minimum absolute atomic E-state index is 0.0711. The third-order valence-electron chi connectivity index (χ3n) is 8.21. The van der Waals surface area contributed by atoms with Crippen LogP contribution in [0.1, 0.15) is 49.4 Å². The summed E-state index contributed by atoms with van der Waals surface area (Å²) in [5, 5.41) is 30.6. The maximum atomic E-state index is 14.0. The highest BCUT2D eigenvalue weighted by Crippen LogP contribution is 2.28. The minimum atomic E-state index is -0.930. The van der Waals surface area contributed by atoms with Crippen molar-refractivity contribution in [2.75, 3.05) is 26.8 Å². The van der Waals surface area contributed by atoms with Crippen LogP contribution >= 0.6 is 0 Å². The topological polar surface area (TPSA) is 152 Å². The molecule has 4 rings (SSSR count). The standard InChI is InChI=1S/C36H47N5O6/c1-5-37-35(46)38-19-26-8-6-7-9-31(26)25-12-10-24(11-13-25)21-41-22-27-14-15-30(47-4)16-28(27)17-32(34(41)45)40-33(44)18-36(2,3)39-20-29(43)23-42/h6-16,29,32,39,42-43H,5,17-23H2,1-4H3,(H,40,44)(H2,37,38,46)/t29-,32+/m0/s1. The Kier molecular flexibility index (Phi) is 12.4. The fourth-order valence-corrected chi connectivity index (χ4v) is 5.66. The molecule has 11 nitrogen and oxygen atoms in total. The Hall–Kier alpha value is -4.45. The van der Waals surface area contributed by atoms with Crippen molar-refractivity contribution < 1.29 is 29.3 Å². The fraction of sp³-hybridized carbons (Fsp3) is 0.417. The Labute approximate surface area is 276 Å². The quantitative estimate of drug-likeness (QED) is 0.158. The highest BCUT2D eigenvalue weighted by atomic mass is 16.5. The van der Waals surface area contributed by atoms with Gasteiger partial charge in [0.05, 0.1) is 19.8 Å². The van der Waals surface area contributed by atoms with Crippen molar-refractivity contribution in [3.05, 3.63) is 89.0 Å². The summed E-state index contributed by atoms with van der Waals surface area (Å²) in [5.74, 6) is 0.204. The number of benzene rings is 3. The zero-order valence-corrected chi connectivity index (χ0v) is 27.6. The predicted molar refractivity (Wildman–Crippen MR) is 180 cm³/mol. The Balaban J connectivity index is 1.51.